The summed E-state index contributed by atoms with van der Waals surface area (Å²) < 4.78 is 0. The first-order valence-corrected chi connectivity index (χ1v) is 7.21. The average molecular weight is 319 g/mol. The molecule has 5 nitrogen and oxygen atoms in total. The predicted octanol–water partition coefficient (Wildman–Crippen LogP) is 4.21. The molecule has 114 valence electrons. The number of carbonyl (C=O) groups is 1. The van der Waals surface area contributed by atoms with Crippen LogP contribution in [0.15, 0.2) is 48.5 Å². The molecule has 0 spiro atoms. The molecule has 0 aliphatic rings. The third-order valence-corrected chi connectivity index (χ3v) is 3.38. The van der Waals surface area contributed by atoms with Gasteiger partial charge in [-0.25, -0.2) is 0 Å². The van der Waals surface area contributed by atoms with E-state index in [1.165, 1.54) is 12.1 Å². The largest absolute Gasteiger partial charge is 0.326 e. The molecule has 0 saturated carbocycles. The summed E-state index contributed by atoms with van der Waals surface area (Å²) >= 11 is 5.81. The van der Waals surface area contributed by atoms with Gasteiger partial charge in [-0.05, 0) is 36.6 Å². The molecular formula is C16H15ClN2O3. The van der Waals surface area contributed by atoms with Crippen molar-refractivity contribution in [2.45, 2.75) is 19.3 Å². The predicted molar refractivity (Wildman–Crippen MR) is 86.1 cm³/mol. The quantitative estimate of drug-likeness (QED) is 0.640. The number of non-ortho nitro benzene ring substituents is 1. The highest BCUT2D eigenvalue weighted by Crippen LogP contribution is 2.17. The van der Waals surface area contributed by atoms with Gasteiger partial charge >= 0.3 is 0 Å². The number of nitro benzene ring substituents is 1. The van der Waals surface area contributed by atoms with E-state index in [2.05, 4.69) is 5.32 Å². The van der Waals surface area contributed by atoms with Crippen molar-refractivity contribution >= 4 is 28.9 Å². The molecular weight excluding hydrogens is 304 g/mol. The third kappa shape index (κ3) is 4.86. The van der Waals surface area contributed by atoms with Crippen molar-refractivity contribution in [3.05, 3.63) is 69.2 Å². The van der Waals surface area contributed by atoms with Crippen LogP contribution in [0, 0.1) is 10.1 Å². The zero-order valence-electron chi connectivity index (χ0n) is 11.8. The molecule has 0 aliphatic heterocycles. The molecule has 0 unspecified atom stereocenters. The number of nitrogens with one attached hydrogen (secondary N) is 1. The number of aryl methyl sites for hydroxylation is 1. The van der Waals surface area contributed by atoms with Crippen molar-refractivity contribution in [1.82, 2.24) is 0 Å². The first-order valence-electron chi connectivity index (χ1n) is 6.83. The highest BCUT2D eigenvalue weighted by molar-refractivity contribution is 6.30. The first-order chi connectivity index (χ1) is 10.5. The van der Waals surface area contributed by atoms with Gasteiger partial charge in [-0.1, -0.05) is 29.8 Å². The second-order valence-electron chi connectivity index (χ2n) is 4.84. The van der Waals surface area contributed by atoms with E-state index in [1.54, 1.807) is 12.1 Å². The van der Waals surface area contributed by atoms with Crippen molar-refractivity contribution < 1.29 is 9.72 Å². The Labute approximate surface area is 133 Å². The van der Waals surface area contributed by atoms with Gasteiger partial charge < -0.3 is 5.32 Å². The number of rotatable bonds is 6. The fraction of sp³-hybridized carbons (Fsp3) is 0.188. The van der Waals surface area contributed by atoms with Crippen LogP contribution in [0.3, 0.4) is 0 Å². The van der Waals surface area contributed by atoms with Gasteiger partial charge in [0.25, 0.3) is 5.69 Å². The van der Waals surface area contributed by atoms with Gasteiger partial charge in [0.15, 0.2) is 0 Å². The van der Waals surface area contributed by atoms with Crippen molar-refractivity contribution in [3.63, 3.8) is 0 Å². The number of amides is 1. The minimum atomic E-state index is -0.490. The van der Waals surface area contributed by atoms with Crippen LogP contribution in [0.4, 0.5) is 11.4 Å². The number of hydrogen-bond donors (Lipinski definition) is 1. The lowest BCUT2D eigenvalue weighted by molar-refractivity contribution is -0.384. The summed E-state index contributed by atoms with van der Waals surface area (Å²) in [6, 6.07) is 13.4. The van der Waals surface area contributed by atoms with Gasteiger partial charge in [0.05, 0.1) is 4.92 Å². The van der Waals surface area contributed by atoms with Crippen molar-refractivity contribution in [1.29, 1.82) is 0 Å². The summed E-state index contributed by atoms with van der Waals surface area (Å²) in [7, 11) is 0. The Kier molecular flexibility index (Phi) is 5.49. The van der Waals surface area contributed by atoms with E-state index in [1.807, 2.05) is 24.3 Å². The van der Waals surface area contributed by atoms with Crippen LogP contribution in [0.2, 0.25) is 5.02 Å². The molecule has 0 bridgehead atoms. The molecule has 0 aliphatic carbocycles. The molecule has 0 saturated heterocycles. The highest BCUT2D eigenvalue weighted by Gasteiger charge is 2.08. The molecule has 6 heteroatoms. The molecule has 2 rings (SSSR count). The van der Waals surface area contributed by atoms with E-state index in [-0.39, 0.29) is 11.6 Å². The van der Waals surface area contributed by atoms with E-state index in [0.29, 0.717) is 23.6 Å². The molecule has 1 amide bonds. The summed E-state index contributed by atoms with van der Waals surface area (Å²) in [6.07, 6.45) is 1.83. The Morgan fingerprint density at radius 3 is 2.59 bits per heavy atom. The molecule has 0 atom stereocenters. The van der Waals surface area contributed by atoms with Gasteiger partial charge in [-0.3, -0.25) is 14.9 Å². The van der Waals surface area contributed by atoms with Crippen LogP contribution < -0.4 is 5.32 Å². The first kappa shape index (κ1) is 16.0. The number of benzene rings is 2. The lowest BCUT2D eigenvalue weighted by Gasteiger charge is -2.05. The fourth-order valence-electron chi connectivity index (χ4n) is 2.02. The normalized spacial score (nSPS) is 10.2. The van der Waals surface area contributed by atoms with Crippen LogP contribution in [-0.4, -0.2) is 10.8 Å². The summed E-state index contributed by atoms with van der Waals surface area (Å²) in [5, 5.41) is 14.0. The molecule has 0 radical (unpaired) electrons. The Balaban J connectivity index is 1.81. The third-order valence-electron chi connectivity index (χ3n) is 3.12. The van der Waals surface area contributed by atoms with E-state index in [0.717, 1.165) is 12.0 Å². The Bertz CT molecular complexity index is 671. The van der Waals surface area contributed by atoms with Crippen LogP contribution in [0.25, 0.3) is 0 Å². The minimum absolute atomic E-state index is 0.0426. The second-order valence-corrected chi connectivity index (χ2v) is 5.27. The molecule has 0 heterocycles. The lowest BCUT2D eigenvalue weighted by atomic mass is 10.1. The number of anilines is 1. The maximum Gasteiger partial charge on any atom is 0.271 e. The number of nitrogens with zero attached hydrogens (tertiary/aromatic N) is 1. The van der Waals surface area contributed by atoms with Crippen LogP contribution in [0.1, 0.15) is 18.4 Å². The van der Waals surface area contributed by atoms with Crippen molar-refractivity contribution in [2.75, 3.05) is 5.32 Å². The molecule has 0 fully saturated rings. The van der Waals surface area contributed by atoms with Gasteiger partial charge in [0, 0.05) is 29.3 Å². The fourth-order valence-corrected chi connectivity index (χ4v) is 2.15. The van der Waals surface area contributed by atoms with Crippen LogP contribution >= 0.6 is 11.6 Å². The van der Waals surface area contributed by atoms with E-state index in [4.69, 9.17) is 11.6 Å². The minimum Gasteiger partial charge on any atom is -0.326 e. The standard InChI is InChI=1S/C16H15ClN2O3/c17-13-9-7-12(8-10-13)3-1-6-16(20)18-14-4-2-5-15(11-14)19(21)22/h2,4-5,7-11H,1,3,6H2,(H,18,20). The Morgan fingerprint density at radius 1 is 1.18 bits per heavy atom. The van der Waals surface area contributed by atoms with Crippen LogP contribution in [-0.2, 0) is 11.2 Å². The Hall–Kier alpha value is -2.40. The summed E-state index contributed by atoms with van der Waals surface area (Å²) in [5.74, 6) is -0.158. The van der Waals surface area contributed by atoms with Crippen molar-refractivity contribution in [2.24, 2.45) is 0 Å². The SMILES string of the molecule is O=C(CCCc1ccc(Cl)cc1)Nc1cccc([N+](=O)[O-])c1. The summed E-state index contributed by atoms with van der Waals surface area (Å²) in [6.45, 7) is 0. The maximum atomic E-state index is 11.8. The second kappa shape index (κ2) is 7.56. The molecule has 0 aromatic heterocycles. The van der Waals surface area contributed by atoms with E-state index in [9.17, 15) is 14.9 Å². The smallest absolute Gasteiger partial charge is 0.271 e. The maximum absolute atomic E-state index is 11.8. The summed E-state index contributed by atoms with van der Waals surface area (Å²) in [4.78, 5) is 22.0. The number of carbonyl (C=O) groups excluding carboxylic acids is 1. The highest BCUT2D eigenvalue weighted by atomic mass is 35.5. The molecule has 22 heavy (non-hydrogen) atoms. The van der Waals surface area contributed by atoms with Crippen molar-refractivity contribution in [3.8, 4) is 0 Å². The molecule has 2 aromatic carbocycles. The van der Waals surface area contributed by atoms with Gasteiger partial charge in [-0.2, -0.15) is 0 Å². The Morgan fingerprint density at radius 2 is 1.91 bits per heavy atom. The summed E-state index contributed by atoms with van der Waals surface area (Å²) in [5.41, 5.74) is 1.51. The van der Waals surface area contributed by atoms with Gasteiger partial charge in [-0.15, -0.1) is 0 Å². The zero-order chi connectivity index (χ0) is 15.9. The molecule has 2 aromatic rings. The van der Waals surface area contributed by atoms with Gasteiger partial charge in [0.1, 0.15) is 0 Å². The monoisotopic (exact) mass is 318 g/mol. The topological polar surface area (TPSA) is 72.2 Å². The van der Waals surface area contributed by atoms with E-state index >= 15 is 0 Å². The zero-order valence-corrected chi connectivity index (χ0v) is 12.5. The number of nitro groups is 1. The van der Waals surface area contributed by atoms with E-state index < -0.39 is 4.92 Å². The lowest BCUT2D eigenvalue weighted by Crippen LogP contribution is -2.11. The number of halogens is 1. The van der Waals surface area contributed by atoms with Gasteiger partial charge in [0.2, 0.25) is 5.91 Å². The average Bonchev–Trinajstić information content (AvgIpc) is 2.49. The van der Waals surface area contributed by atoms with Crippen LogP contribution in [0.5, 0.6) is 0 Å². The number of hydrogen-bond acceptors (Lipinski definition) is 3. The molecule has 1 N–H and O–H groups in total.